The number of nitrogens with one attached hydrogen (secondary N) is 1. The lowest BCUT2D eigenvalue weighted by Crippen LogP contribution is -2.43. The summed E-state index contributed by atoms with van der Waals surface area (Å²) in [5, 5.41) is 4.10. The van der Waals surface area contributed by atoms with E-state index in [1.807, 2.05) is 50.2 Å². The van der Waals surface area contributed by atoms with Gasteiger partial charge in [0.1, 0.15) is 24.0 Å². The first kappa shape index (κ1) is 27.9. The zero-order chi connectivity index (χ0) is 26.2. The Morgan fingerprint density at radius 3 is 2.53 bits per heavy atom. The molecule has 3 rings (SSSR count). The van der Waals surface area contributed by atoms with E-state index in [-0.39, 0.29) is 11.4 Å². The Morgan fingerprint density at radius 2 is 1.86 bits per heavy atom. The standard InChI is InChI=1S/C27H29Br2NO6/c1-4-8-22(30-27(33)34-15-18-9-6-5-7-10-18)26(32)36-24-17(3)25-21(16(2)11-23(31)35-25)13-19(24)12-20(29)14-28/h5-7,9-11,13,20,22H,4,8,12,14-15H2,1-3H3,(H,30,33)/t20-,22-/m1/s1. The summed E-state index contributed by atoms with van der Waals surface area (Å²) < 4.78 is 16.6. The summed E-state index contributed by atoms with van der Waals surface area (Å²) in [6.07, 6.45) is 0.876. The van der Waals surface area contributed by atoms with Gasteiger partial charge in [0.05, 0.1) is 0 Å². The van der Waals surface area contributed by atoms with Gasteiger partial charge < -0.3 is 19.2 Å². The van der Waals surface area contributed by atoms with Gasteiger partial charge >= 0.3 is 17.7 Å². The Hall–Kier alpha value is -2.65. The number of ether oxygens (including phenoxy) is 2. The molecular formula is C27H29Br2NO6. The Bertz CT molecular complexity index is 1270. The van der Waals surface area contributed by atoms with Gasteiger partial charge in [-0.05, 0) is 49.4 Å². The molecule has 192 valence electrons. The summed E-state index contributed by atoms with van der Waals surface area (Å²) >= 11 is 7.09. The van der Waals surface area contributed by atoms with Gasteiger partial charge in [-0.25, -0.2) is 14.4 Å². The van der Waals surface area contributed by atoms with Crippen LogP contribution in [0.5, 0.6) is 5.75 Å². The molecule has 0 spiro atoms. The first-order valence-electron chi connectivity index (χ1n) is 11.7. The average molecular weight is 623 g/mol. The predicted molar refractivity (Wildman–Crippen MR) is 146 cm³/mol. The summed E-state index contributed by atoms with van der Waals surface area (Å²) in [5.74, 6) is -0.288. The number of esters is 1. The molecule has 0 radical (unpaired) electrons. The summed E-state index contributed by atoms with van der Waals surface area (Å²) in [6, 6.07) is 11.7. The van der Waals surface area contributed by atoms with E-state index in [1.165, 1.54) is 6.07 Å². The second-order valence-corrected chi connectivity index (χ2v) is 10.5. The molecule has 0 saturated heterocycles. The van der Waals surface area contributed by atoms with E-state index in [1.54, 1.807) is 6.92 Å². The van der Waals surface area contributed by atoms with Crippen LogP contribution in [-0.4, -0.2) is 28.3 Å². The minimum absolute atomic E-state index is 0.0837. The second-order valence-electron chi connectivity index (χ2n) is 8.54. The Labute approximate surface area is 226 Å². The smallest absolute Gasteiger partial charge is 0.408 e. The quantitative estimate of drug-likeness (QED) is 0.127. The molecule has 7 nitrogen and oxygen atoms in total. The van der Waals surface area contributed by atoms with Crippen molar-refractivity contribution >= 4 is 54.9 Å². The van der Waals surface area contributed by atoms with Crippen molar-refractivity contribution in [3.05, 3.63) is 75.1 Å². The van der Waals surface area contributed by atoms with Crippen molar-refractivity contribution in [3.8, 4) is 5.75 Å². The van der Waals surface area contributed by atoms with Crippen LogP contribution < -0.4 is 15.7 Å². The third kappa shape index (κ3) is 7.20. The lowest BCUT2D eigenvalue weighted by Gasteiger charge is -2.20. The third-order valence-corrected chi connectivity index (χ3v) is 7.97. The highest BCUT2D eigenvalue weighted by atomic mass is 79.9. The monoisotopic (exact) mass is 621 g/mol. The van der Waals surface area contributed by atoms with E-state index in [2.05, 4.69) is 37.2 Å². The zero-order valence-corrected chi connectivity index (χ0v) is 23.6. The van der Waals surface area contributed by atoms with E-state index < -0.39 is 23.7 Å². The van der Waals surface area contributed by atoms with Crippen molar-refractivity contribution in [2.45, 2.75) is 57.5 Å². The Balaban J connectivity index is 1.86. The number of fused-ring (bicyclic) bond motifs is 1. The van der Waals surface area contributed by atoms with E-state index in [9.17, 15) is 14.4 Å². The van der Waals surface area contributed by atoms with E-state index >= 15 is 0 Å². The molecule has 1 N–H and O–H groups in total. The normalized spacial score (nSPS) is 12.7. The second kappa shape index (κ2) is 13.1. The molecule has 0 fully saturated rings. The van der Waals surface area contributed by atoms with Crippen LogP contribution in [0.15, 0.2) is 51.7 Å². The number of alkyl halides is 2. The number of hydrogen-bond donors (Lipinski definition) is 1. The minimum Gasteiger partial charge on any atom is -0.445 e. The van der Waals surface area contributed by atoms with Crippen molar-refractivity contribution in [1.82, 2.24) is 5.32 Å². The van der Waals surface area contributed by atoms with Crippen LogP contribution in [0.1, 0.15) is 42.0 Å². The van der Waals surface area contributed by atoms with E-state index in [0.29, 0.717) is 41.5 Å². The molecule has 0 bridgehead atoms. The van der Waals surface area contributed by atoms with Crippen molar-refractivity contribution in [1.29, 1.82) is 0 Å². The lowest BCUT2D eigenvalue weighted by atomic mass is 9.99. The van der Waals surface area contributed by atoms with Crippen LogP contribution in [0.3, 0.4) is 0 Å². The number of hydrogen-bond acceptors (Lipinski definition) is 6. The van der Waals surface area contributed by atoms with Crippen molar-refractivity contribution < 1.29 is 23.5 Å². The van der Waals surface area contributed by atoms with Crippen molar-refractivity contribution in [3.63, 3.8) is 0 Å². The number of alkyl carbamates (subject to hydrolysis) is 1. The fourth-order valence-corrected chi connectivity index (χ4v) is 4.44. The molecule has 36 heavy (non-hydrogen) atoms. The molecule has 1 aromatic heterocycles. The number of halogens is 2. The molecule has 2 aromatic carbocycles. The van der Waals surface area contributed by atoms with Gasteiger partial charge in [0.15, 0.2) is 0 Å². The maximum Gasteiger partial charge on any atom is 0.408 e. The highest BCUT2D eigenvalue weighted by molar-refractivity contribution is 9.12. The van der Waals surface area contributed by atoms with Gasteiger partial charge in [0, 0.05) is 27.2 Å². The zero-order valence-electron chi connectivity index (χ0n) is 20.4. The average Bonchev–Trinajstić information content (AvgIpc) is 2.86. The van der Waals surface area contributed by atoms with Gasteiger partial charge in [-0.2, -0.15) is 0 Å². The molecule has 1 amide bonds. The van der Waals surface area contributed by atoms with Crippen molar-refractivity contribution in [2.24, 2.45) is 0 Å². The maximum atomic E-state index is 13.2. The van der Waals surface area contributed by atoms with Gasteiger partial charge in [0.2, 0.25) is 0 Å². The number of amides is 1. The summed E-state index contributed by atoms with van der Waals surface area (Å²) in [6.45, 7) is 5.59. The van der Waals surface area contributed by atoms with Gasteiger partial charge in [0.25, 0.3) is 0 Å². The summed E-state index contributed by atoms with van der Waals surface area (Å²) in [4.78, 5) is 37.8. The largest absolute Gasteiger partial charge is 0.445 e. The number of carbonyl (C=O) groups is 2. The number of carbonyl (C=O) groups excluding carboxylic acids is 2. The van der Waals surface area contributed by atoms with Crippen LogP contribution in [0, 0.1) is 13.8 Å². The van der Waals surface area contributed by atoms with Crippen LogP contribution in [0.4, 0.5) is 4.79 Å². The lowest BCUT2D eigenvalue weighted by molar-refractivity contribution is -0.136. The topological polar surface area (TPSA) is 94.8 Å². The molecule has 0 aliphatic carbocycles. The van der Waals surface area contributed by atoms with Crippen LogP contribution >= 0.6 is 31.9 Å². The highest BCUT2D eigenvalue weighted by Crippen LogP contribution is 2.34. The predicted octanol–water partition coefficient (Wildman–Crippen LogP) is 6.11. The van der Waals surface area contributed by atoms with E-state index in [4.69, 9.17) is 13.9 Å². The summed E-state index contributed by atoms with van der Waals surface area (Å²) in [7, 11) is 0. The first-order chi connectivity index (χ1) is 17.2. The third-order valence-electron chi connectivity index (χ3n) is 5.68. The molecule has 0 aliphatic rings. The first-order valence-corrected chi connectivity index (χ1v) is 13.7. The van der Waals surface area contributed by atoms with Gasteiger partial charge in [-0.15, -0.1) is 0 Å². The highest BCUT2D eigenvalue weighted by Gasteiger charge is 2.26. The van der Waals surface area contributed by atoms with Crippen molar-refractivity contribution in [2.75, 3.05) is 5.33 Å². The maximum absolute atomic E-state index is 13.2. The number of rotatable bonds is 10. The molecule has 3 aromatic rings. The molecule has 0 aliphatic heterocycles. The van der Waals surface area contributed by atoms with Gasteiger partial charge in [-0.1, -0.05) is 75.5 Å². The SMILES string of the molecule is CCC[C@@H](NC(=O)OCc1ccccc1)C(=O)Oc1c(C[C@@H](Br)CBr)cc2c(C)cc(=O)oc2c1C. The van der Waals surface area contributed by atoms with Gasteiger partial charge in [-0.3, -0.25) is 0 Å². The molecular weight excluding hydrogens is 594 g/mol. The molecule has 0 saturated carbocycles. The fourth-order valence-electron chi connectivity index (χ4n) is 3.86. The number of benzene rings is 2. The molecule has 2 atom stereocenters. The Morgan fingerprint density at radius 1 is 1.14 bits per heavy atom. The molecule has 9 heteroatoms. The van der Waals surface area contributed by atoms with Crippen LogP contribution in [-0.2, 0) is 22.6 Å². The number of aryl methyl sites for hydroxylation is 2. The summed E-state index contributed by atoms with van der Waals surface area (Å²) in [5.41, 5.74) is 2.85. The van der Waals surface area contributed by atoms with E-state index in [0.717, 1.165) is 22.1 Å². The van der Waals surface area contributed by atoms with Crippen LogP contribution in [0.2, 0.25) is 0 Å². The molecule has 1 heterocycles. The molecule has 0 unspecified atom stereocenters. The van der Waals surface area contributed by atoms with Crippen LogP contribution in [0.25, 0.3) is 11.0 Å². The fraction of sp³-hybridized carbons (Fsp3) is 0.370. The Kier molecular flexibility index (Phi) is 10.1. The minimum atomic E-state index is -0.901.